The smallest absolute Gasteiger partial charge is 0.238 e. The van der Waals surface area contributed by atoms with E-state index in [1.54, 1.807) is 0 Å². The van der Waals surface area contributed by atoms with E-state index in [-0.39, 0.29) is 12.1 Å². The predicted molar refractivity (Wildman–Crippen MR) is 80.5 cm³/mol. The van der Waals surface area contributed by atoms with E-state index in [0.717, 1.165) is 17.0 Å². The van der Waals surface area contributed by atoms with Gasteiger partial charge in [0.1, 0.15) is 6.17 Å². The zero-order chi connectivity index (χ0) is 14.1. The maximum absolute atomic E-state index is 12.3. The molecule has 1 aromatic carbocycles. The second-order valence-corrected chi connectivity index (χ2v) is 6.40. The van der Waals surface area contributed by atoms with Gasteiger partial charge in [-0.15, -0.1) is 0 Å². The summed E-state index contributed by atoms with van der Waals surface area (Å²) in [6.07, 6.45) is 4.87. The number of hydrogen-bond acceptors (Lipinski definition) is 2. The van der Waals surface area contributed by atoms with Crippen molar-refractivity contribution in [2.75, 3.05) is 6.54 Å². The van der Waals surface area contributed by atoms with Crippen LogP contribution in [0.4, 0.5) is 0 Å². The summed E-state index contributed by atoms with van der Waals surface area (Å²) in [6.45, 7) is 2.71. The van der Waals surface area contributed by atoms with Crippen molar-refractivity contribution in [3.05, 3.63) is 34.9 Å². The fraction of sp³-hybridized carbons (Fsp3) is 0.562. The van der Waals surface area contributed by atoms with Crippen LogP contribution in [0.3, 0.4) is 0 Å². The van der Waals surface area contributed by atoms with Crippen molar-refractivity contribution in [1.29, 1.82) is 0 Å². The lowest BCUT2D eigenvalue weighted by Gasteiger charge is -2.39. The third-order valence-electron chi connectivity index (χ3n) is 4.62. The zero-order valence-corrected chi connectivity index (χ0v) is 12.6. The average molecular weight is 293 g/mol. The van der Waals surface area contributed by atoms with Crippen LogP contribution in [0.1, 0.15) is 44.3 Å². The Morgan fingerprint density at radius 2 is 1.90 bits per heavy atom. The number of nitrogens with one attached hydrogen (secondary N) is 1. The van der Waals surface area contributed by atoms with Crippen molar-refractivity contribution in [3.8, 4) is 0 Å². The van der Waals surface area contributed by atoms with Gasteiger partial charge in [-0.2, -0.15) is 0 Å². The Morgan fingerprint density at radius 3 is 2.60 bits per heavy atom. The van der Waals surface area contributed by atoms with E-state index in [4.69, 9.17) is 11.6 Å². The SMILES string of the molecule is CC1CCCCC1N1C(=O)CNC1c1ccc(Cl)cc1. The summed E-state index contributed by atoms with van der Waals surface area (Å²) in [6, 6.07) is 8.18. The minimum Gasteiger partial charge on any atom is -0.319 e. The number of nitrogens with zero attached hydrogens (tertiary/aromatic N) is 1. The Kier molecular flexibility index (Phi) is 3.99. The lowest BCUT2D eigenvalue weighted by Crippen LogP contribution is -2.44. The molecule has 3 nitrogen and oxygen atoms in total. The molecule has 20 heavy (non-hydrogen) atoms. The van der Waals surface area contributed by atoms with Gasteiger partial charge in [-0.05, 0) is 36.5 Å². The Morgan fingerprint density at radius 1 is 1.20 bits per heavy atom. The molecule has 2 aliphatic rings. The maximum Gasteiger partial charge on any atom is 0.238 e. The van der Waals surface area contributed by atoms with Crippen LogP contribution in [0.2, 0.25) is 5.02 Å². The number of halogens is 1. The van der Waals surface area contributed by atoms with Crippen LogP contribution in [0, 0.1) is 5.92 Å². The molecule has 0 spiro atoms. The predicted octanol–water partition coefficient (Wildman–Crippen LogP) is 3.35. The van der Waals surface area contributed by atoms with Crippen LogP contribution in [0.15, 0.2) is 24.3 Å². The Hall–Kier alpha value is -1.06. The molecule has 1 heterocycles. The first-order valence-electron chi connectivity index (χ1n) is 7.47. The number of carbonyl (C=O) groups is 1. The van der Waals surface area contributed by atoms with Crippen LogP contribution in [-0.4, -0.2) is 23.4 Å². The largest absolute Gasteiger partial charge is 0.319 e. The molecule has 3 rings (SSSR count). The first kappa shape index (κ1) is 13.9. The second-order valence-electron chi connectivity index (χ2n) is 5.97. The van der Waals surface area contributed by atoms with Gasteiger partial charge in [0, 0.05) is 11.1 Å². The molecule has 1 N–H and O–H groups in total. The van der Waals surface area contributed by atoms with Crippen molar-refractivity contribution < 1.29 is 4.79 Å². The van der Waals surface area contributed by atoms with Crippen LogP contribution in [0.25, 0.3) is 0 Å². The number of carbonyl (C=O) groups excluding carboxylic acids is 1. The quantitative estimate of drug-likeness (QED) is 0.906. The molecule has 108 valence electrons. The van der Waals surface area contributed by atoms with Gasteiger partial charge >= 0.3 is 0 Å². The van der Waals surface area contributed by atoms with Gasteiger partial charge in [0.25, 0.3) is 0 Å². The fourth-order valence-electron chi connectivity index (χ4n) is 3.53. The highest BCUT2D eigenvalue weighted by atomic mass is 35.5. The summed E-state index contributed by atoms with van der Waals surface area (Å²) in [4.78, 5) is 14.4. The van der Waals surface area contributed by atoms with E-state index in [9.17, 15) is 4.79 Å². The van der Waals surface area contributed by atoms with Gasteiger partial charge in [-0.3, -0.25) is 10.1 Å². The first-order chi connectivity index (χ1) is 9.66. The average Bonchev–Trinajstić information content (AvgIpc) is 2.82. The van der Waals surface area contributed by atoms with Gasteiger partial charge in [0.2, 0.25) is 5.91 Å². The van der Waals surface area contributed by atoms with E-state index < -0.39 is 0 Å². The lowest BCUT2D eigenvalue weighted by molar-refractivity contribution is -0.132. The molecular formula is C16H21ClN2O. The van der Waals surface area contributed by atoms with Gasteiger partial charge in [-0.25, -0.2) is 0 Å². The summed E-state index contributed by atoms with van der Waals surface area (Å²) >= 11 is 5.95. The Balaban J connectivity index is 1.86. The Labute approximate surface area is 125 Å². The number of amides is 1. The summed E-state index contributed by atoms with van der Waals surface area (Å²) < 4.78 is 0. The normalized spacial score (nSPS) is 30.8. The second kappa shape index (κ2) is 5.74. The van der Waals surface area contributed by atoms with Crippen molar-refractivity contribution in [2.24, 2.45) is 5.92 Å². The molecule has 1 amide bonds. The van der Waals surface area contributed by atoms with E-state index in [1.165, 1.54) is 19.3 Å². The minimum absolute atomic E-state index is 0.00492. The minimum atomic E-state index is 0.00492. The van der Waals surface area contributed by atoms with Crippen LogP contribution in [0.5, 0.6) is 0 Å². The molecule has 1 saturated heterocycles. The third-order valence-corrected chi connectivity index (χ3v) is 4.87. The molecule has 1 saturated carbocycles. The van der Waals surface area contributed by atoms with Gasteiger partial charge in [-0.1, -0.05) is 43.5 Å². The van der Waals surface area contributed by atoms with Crippen molar-refractivity contribution in [1.82, 2.24) is 10.2 Å². The zero-order valence-electron chi connectivity index (χ0n) is 11.8. The molecule has 0 radical (unpaired) electrons. The van der Waals surface area contributed by atoms with Crippen molar-refractivity contribution in [2.45, 2.75) is 44.8 Å². The topological polar surface area (TPSA) is 32.3 Å². The van der Waals surface area contributed by atoms with E-state index >= 15 is 0 Å². The van der Waals surface area contributed by atoms with Gasteiger partial charge in [0.05, 0.1) is 6.54 Å². The monoisotopic (exact) mass is 292 g/mol. The summed E-state index contributed by atoms with van der Waals surface area (Å²) in [5, 5.41) is 4.08. The van der Waals surface area contributed by atoms with Crippen LogP contribution < -0.4 is 5.32 Å². The van der Waals surface area contributed by atoms with E-state index in [0.29, 0.717) is 18.5 Å². The summed E-state index contributed by atoms with van der Waals surface area (Å²) in [5.74, 6) is 0.811. The number of hydrogen-bond donors (Lipinski definition) is 1. The molecule has 1 aliphatic carbocycles. The standard InChI is InChI=1S/C16H21ClN2O/c1-11-4-2-3-5-14(11)19-15(20)10-18-16(19)12-6-8-13(17)9-7-12/h6-9,11,14,16,18H,2-5,10H2,1H3. The molecule has 1 aliphatic heterocycles. The molecule has 3 unspecified atom stereocenters. The fourth-order valence-corrected chi connectivity index (χ4v) is 3.65. The van der Waals surface area contributed by atoms with Crippen LogP contribution >= 0.6 is 11.6 Å². The molecular weight excluding hydrogens is 272 g/mol. The molecule has 1 aromatic rings. The summed E-state index contributed by atoms with van der Waals surface area (Å²) in [5.41, 5.74) is 1.12. The third kappa shape index (κ3) is 2.57. The highest BCUT2D eigenvalue weighted by Crippen LogP contribution is 2.35. The molecule has 4 heteroatoms. The number of rotatable bonds is 2. The van der Waals surface area contributed by atoms with Crippen molar-refractivity contribution in [3.63, 3.8) is 0 Å². The highest BCUT2D eigenvalue weighted by Gasteiger charge is 2.39. The lowest BCUT2D eigenvalue weighted by atomic mass is 9.84. The highest BCUT2D eigenvalue weighted by molar-refractivity contribution is 6.30. The van der Waals surface area contributed by atoms with E-state index in [1.807, 2.05) is 24.3 Å². The first-order valence-corrected chi connectivity index (χ1v) is 7.84. The van der Waals surface area contributed by atoms with Gasteiger partial charge < -0.3 is 4.90 Å². The molecule has 0 bridgehead atoms. The Bertz CT molecular complexity index is 488. The number of benzene rings is 1. The molecule has 2 fully saturated rings. The van der Waals surface area contributed by atoms with Gasteiger partial charge in [0.15, 0.2) is 0 Å². The molecule has 0 aromatic heterocycles. The molecule has 3 atom stereocenters. The van der Waals surface area contributed by atoms with E-state index in [2.05, 4.69) is 17.1 Å². The van der Waals surface area contributed by atoms with Crippen molar-refractivity contribution >= 4 is 17.5 Å². The summed E-state index contributed by atoms with van der Waals surface area (Å²) in [7, 11) is 0. The van der Waals surface area contributed by atoms with Crippen LogP contribution in [-0.2, 0) is 4.79 Å². The maximum atomic E-state index is 12.3.